The summed E-state index contributed by atoms with van der Waals surface area (Å²) in [6.07, 6.45) is 0. The SMILES string of the molecule is COc1ccc(C(=O)[C@@H]2CN(C(=O)c3ccc(F)cc3)C[C@H]2C)cc1. The lowest BCUT2D eigenvalue weighted by Crippen LogP contribution is -2.30. The molecule has 1 heterocycles. The number of hydrogen-bond acceptors (Lipinski definition) is 3. The number of hydrogen-bond donors (Lipinski definition) is 0. The smallest absolute Gasteiger partial charge is 0.253 e. The molecular weight excluding hydrogens is 321 g/mol. The molecule has 2 aromatic carbocycles. The molecule has 5 heteroatoms. The summed E-state index contributed by atoms with van der Waals surface area (Å²) in [5, 5.41) is 0. The Morgan fingerprint density at radius 2 is 1.60 bits per heavy atom. The number of ether oxygens (including phenoxy) is 1. The van der Waals surface area contributed by atoms with E-state index < -0.39 is 0 Å². The molecule has 25 heavy (non-hydrogen) atoms. The number of carbonyl (C=O) groups is 2. The molecule has 1 fully saturated rings. The summed E-state index contributed by atoms with van der Waals surface area (Å²) in [5.41, 5.74) is 1.06. The van der Waals surface area contributed by atoms with Crippen LogP contribution in [0.2, 0.25) is 0 Å². The molecule has 0 aromatic heterocycles. The van der Waals surface area contributed by atoms with Crippen molar-refractivity contribution in [3.63, 3.8) is 0 Å². The van der Waals surface area contributed by atoms with E-state index in [9.17, 15) is 14.0 Å². The molecular formula is C20H20FNO3. The van der Waals surface area contributed by atoms with Crippen molar-refractivity contribution in [3.05, 3.63) is 65.5 Å². The molecule has 1 aliphatic rings. The van der Waals surface area contributed by atoms with Gasteiger partial charge in [0.1, 0.15) is 11.6 Å². The minimum absolute atomic E-state index is 0.0320. The lowest BCUT2D eigenvalue weighted by atomic mass is 9.90. The first-order chi connectivity index (χ1) is 12.0. The summed E-state index contributed by atoms with van der Waals surface area (Å²) in [4.78, 5) is 27.0. The van der Waals surface area contributed by atoms with Gasteiger partial charge in [-0.25, -0.2) is 4.39 Å². The number of rotatable bonds is 4. The first kappa shape index (κ1) is 17.1. The van der Waals surface area contributed by atoms with Crippen LogP contribution in [0.5, 0.6) is 5.75 Å². The van der Waals surface area contributed by atoms with E-state index in [4.69, 9.17) is 4.74 Å². The topological polar surface area (TPSA) is 46.6 Å². The average molecular weight is 341 g/mol. The van der Waals surface area contributed by atoms with Crippen LogP contribution in [0.25, 0.3) is 0 Å². The number of nitrogens with zero attached hydrogens (tertiary/aromatic N) is 1. The van der Waals surface area contributed by atoms with E-state index >= 15 is 0 Å². The quantitative estimate of drug-likeness (QED) is 0.801. The number of benzene rings is 2. The van der Waals surface area contributed by atoms with Crippen molar-refractivity contribution in [3.8, 4) is 5.75 Å². The van der Waals surface area contributed by atoms with Crippen molar-refractivity contribution in [1.82, 2.24) is 4.90 Å². The minimum atomic E-state index is -0.376. The predicted octanol–water partition coefficient (Wildman–Crippen LogP) is 3.43. The van der Waals surface area contributed by atoms with Crippen molar-refractivity contribution in [2.24, 2.45) is 11.8 Å². The fourth-order valence-electron chi connectivity index (χ4n) is 3.22. The first-order valence-corrected chi connectivity index (χ1v) is 8.22. The van der Waals surface area contributed by atoms with Gasteiger partial charge in [0.15, 0.2) is 5.78 Å². The molecule has 1 saturated heterocycles. The Bertz CT molecular complexity index is 771. The molecule has 0 radical (unpaired) electrons. The van der Waals surface area contributed by atoms with Gasteiger partial charge in [0.2, 0.25) is 0 Å². The summed E-state index contributed by atoms with van der Waals surface area (Å²) in [6.45, 7) is 2.87. The Balaban J connectivity index is 1.72. The normalized spacial score (nSPS) is 19.7. The average Bonchev–Trinajstić information content (AvgIpc) is 3.03. The highest BCUT2D eigenvalue weighted by molar-refractivity contribution is 6.00. The van der Waals surface area contributed by atoms with Crippen LogP contribution in [-0.2, 0) is 0 Å². The molecule has 1 aliphatic heterocycles. The second kappa shape index (κ2) is 7.05. The number of amides is 1. The minimum Gasteiger partial charge on any atom is -0.497 e. The van der Waals surface area contributed by atoms with E-state index in [1.54, 1.807) is 36.3 Å². The maximum atomic E-state index is 13.0. The maximum absolute atomic E-state index is 13.0. The van der Waals surface area contributed by atoms with E-state index in [1.165, 1.54) is 24.3 Å². The van der Waals surface area contributed by atoms with Crippen molar-refractivity contribution >= 4 is 11.7 Å². The molecule has 0 saturated carbocycles. The first-order valence-electron chi connectivity index (χ1n) is 8.22. The highest BCUT2D eigenvalue weighted by Crippen LogP contribution is 2.28. The highest BCUT2D eigenvalue weighted by Gasteiger charge is 2.37. The monoisotopic (exact) mass is 341 g/mol. The third-order valence-electron chi connectivity index (χ3n) is 4.70. The zero-order valence-electron chi connectivity index (χ0n) is 14.2. The molecule has 3 rings (SSSR count). The Kier molecular flexibility index (Phi) is 4.83. The molecule has 0 spiro atoms. The molecule has 0 unspecified atom stereocenters. The van der Waals surface area contributed by atoms with Gasteiger partial charge in [0.25, 0.3) is 5.91 Å². The Morgan fingerprint density at radius 1 is 1.00 bits per heavy atom. The Labute approximate surface area is 146 Å². The van der Waals surface area contributed by atoms with Gasteiger partial charge in [-0.1, -0.05) is 6.92 Å². The van der Waals surface area contributed by atoms with Crippen molar-refractivity contribution in [2.45, 2.75) is 6.92 Å². The van der Waals surface area contributed by atoms with Crippen LogP contribution in [0.3, 0.4) is 0 Å². The van der Waals surface area contributed by atoms with Gasteiger partial charge in [0.05, 0.1) is 7.11 Å². The number of ketones is 1. The number of halogens is 1. The van der Waals surface area contributed by atoms with Crippen LogP contribution in [-0.4, -0.2) is 36.8 Å². The summed E-state index contributed by atoms with van der Waals surface area (Å²) < 4.78 is 18.1. The number of methoxy groups -OCH3 is 1. The summed E-state index contributed by atoms with van der Waals surface area (Å²) >= 11 is 0. The summed E-state index contributed by atoms with van der Waals surface area (Å²) in [6, 6.07) is 12.5. The second-order valence-corrected chi connectivity index (χ2v) is 6.39. The second-order valence-electron chi connectivity index (χ2n) is 6.39. The van der Waals surface area contributed by atoms with Gasteiger partial charge in [-0.3, -0.25) is 9.59 Å². The van der Waals surface area contributed by atoms with Crippen LogP contribution in [0.15, 0.2) is 48.5 Å². The van der Waals surface area contributed by atoms with E-state index in [1.807, 2.05) is 6.92 Å². The van der Waals surface area contributed by atoms with Crippen LogP contribution >= 0.6 is 0 Å². The maximum Gasteiger partial charge on any atom is 0.253 e. The van der Waals surface area contributed by atoms with Crippen molar-refractivity contribution in [2.75, 3.05) is 20.2 Å². The highest BCUT2D eigenvalue weighted by atomic mass is 19.1. The summed E-state index contributed by atoms with van der Waals surface area (Å²) in [5.74, 6) is 0.0151. The van der Waals surface area contributed by atoms with E-state index in [0.29, 0.717) is 30.0 Å². The molecule has 130 valence electrons. The molecule has 2 aromatic rings. The number of likely N-dealkylation sites (tertiary alicyclic amines) is 1. The fraction of sp³-hybridized carbons (Fsp3) is 0.300. The predicted molar refractivity (Wildman–Crippen MR) is 92.3 cm³/mol. The lowest BCUT2D eigenvalue weighted by Gasteiger charge is -2.16. The third-order valence-corrected chi connectivity index (χ3v) is 4.70. The van der Waals surface area contributed by atoms with Gasteiger partial charge in [-0.05, 0) is 54.4 Å². The van der Waals surface area contributed by atoms with E-state index in [0.717, 1.165) is 0 Å². The van der Waals surface area contributed by atoms with Crippen LogP contribution in [0.1, 0.15) is 27.6 Å². The van der Waals surface area contributed by atoms with Crippen molar-refractivity contribution < 1.29 is 18.7 Å². The van der Waals surface area contributed by atoms with Crippen molar-refractivity contribution in [1.29, 1.82) is 0 Å². The standard InChI is InChI=1S/C20H20FNO3/c1-13-11-22(20(24)15-3-7-16(21)8-4-15)12-18(13)19(23)14-5-9-17(25-2)10-6-14/h3-10,13,18H,11-12H2,1-2H3/t13-,18-/m1/s1. The van der Waals surface area contributed by atoms with Crippen LogP contribution in [0.4, 0.5) is 4.39 Å². The van der Waals surface area contributed by atoms with Crippen LogP contribution < -0.4 is 4.74 Å². The van der Waals surface area contributed by atoms with E-state index in [-0.39, 0.29) is 29.3 Å². The molecule has 0 bridgehead atoms. The van der Waals surface area contributed by atoms with Crippen LogP contribution in [0, 0.1) is 17.7 Å². The summed E-state index contributed by atoms with van der Waals surface area (Å²) in [7, 11) is 1.58. The number of carbonyl (C=O) groups excluding carboxylic acids is 2. The third kappa shape index (κ3) is 3.55. The van der Waals surface area contributed by atoms with Gasteiger partial charge >= 0.3 is 0 Å². The van der Waals surface area contributed by atoms with Gasteiger partial charge in [-0.15, -0.1) is 0 Å². The molecule has 1 amide bonds. The Morgan fingerprint density at radius 3 is 2.20 bits per heavy atom. The molecule has 0 aliphatic carbocycles. The van der Waals surface area contributed by atoms with Gasteiger partial charge in [-0.2, -0.15) is 0 Å². The van der Waals surface area contributed by atoms with Gasteiger partial charge < -0.3 is 9.64 Å². The molecule has 0 N–H and O–H groups in total. The zero-order chi connectivity index (χ0) is 18.0. The van der Waals surface area contributed by atoms with E-state index in [2.05, 4.69) is 0 Å². The van der Waals surface area contributed by atoms with Gasteiger partial charge in [0, 0.05) is 30.1 Å². The molecule has 2 atom stereocenters. The fourth-order valence-corrected chi connectivity index (χ4v) is 3.22. The largest absolute Gasteiger partial charge is 0.497 e. The number of Topliss-reactive ketones (excluding diaryl/α,β-unsaturated/α-hetero) is 1. The lowest BCUT2D eigenvalue weighted by molar-refractivity contribution is 0.0779. The zero-order valence-corrected chi connectivity index (χ0v) is 14.2. The Hall–Kier alpha value is -2.69. The molecule has 4 nitrogen and oxygen atoms in total.